The molecule has 2 aromatic heterocycles. The monoisotopic (exact) mass is 1240 g/mol. The number of phenolic OH excluding ortho intramolecular Hbond substituents is 1. The number of primary amides is 1. The molecule has 89 heavy (non-hydrogen) atoms. The number of benzene rings is 2. The number of guanidine groups is 1. The second-order valence-corrected chi connectivity index (χ2v) is 23.1. The molecular weight excluding hydrogens is 1150 g/mol. The molecule has 2 aromatic carbocycles. The van der Waals surface area contributed by atoms with E-state index in [4.69, 9.17) is 17.2 Å². The maximum absolute atomic E-state index is 14.9. The number of carbonyl (C=O) groups excluding carboxylic acids is 11. The molecule has 19 N–H and O–H groups in total. The smallest absolute Gasteiger partial charge is 0.246 e. The third kappa shape index (κ3) is 18.7. The van der Waals surface area contributed by atoms with Gasteiger partial charge >= 0.3 is 0 Å². The number of nitrogens with zero attached hydrogens (tertiary/aromatic N) is 3. The molecule has 8 atom stereocenters. The lowest BCUT2D eigenvalue weighted by molar-refractivity contribution is -0.142. The van der Waals surface area contributed by atoms with E-state index in [1.54, 1.807) is 24.4 Å². The van der Waals surface area contributed by atoms with Crippen LogP contribution >= 0.6 is 0 Å². The summed E-state index contributed by atoms with van der Waals surface area (Å²) < 4.78 is 0. The highest BCUT2D eigenvalue weighted by atomic mass is 16.3. The van der Waals surface area contributed by atoms with Crippen molar-refractivity contribution in [1.82, 2.24) is 67.7 Å². The summed E-state index contributed by atoms with van der Waals surface area (Å²) in [4.78, 5) is 167. The van der Waals surface area contributed by atoms with Gasteiger partial charge in [-0.25, -0.2) is 4.98 Å². The first-order valence-corrected chi connectivity index (χ1v) is 29.8. The average molecular weight is 1240 g/mol. The second kappa shape index (κ2) is 31.3. The van der Waals surface area contributed by atoms with E-state index in [9.17, 15) is 63.0 Å². The molecule has 2 aliphatic heterocycles. The van der Waals surface area contributed by atoms with Crippen LogP contribution in [0.3, 0.4) is 0 Å². The molecule has 7 rings (SSSR count). The van der Waals surface area contributed by atoms with Crippen molar-refractivity contribution < 1.29 is 63.0 Å². The minimum absolute atomic E-state index is 0.0195. The van der Waals surface area contributed by atoms with Crippen molar-refractivity contribution in [2.75, 3.05) is 26.2 Å². The second-order valence-electron chi connectivity index (χ2n) is 23.1. The summed E-state index contributed by atoms with van der Waals surface area (Å²) in [7, 11) is 0. The molecule has 0 radical (unpaired) electrons. The molecule has 0 unspecified atom stereocenters. The van der Waals surface area contributed by atoms with Gasteiger partial charge in [0.1, 0.15) is 59.6 Å². The molecule has 0 spiro atoms. The Morgan fingerprint density at radius 1 is 0.742 bits per heavy atom. The topological polar surface area (TPSA) is 475 Å². The van der Waals surface area contributed by atoms with Crippen molar-refractivity contribution in [3.05, 3.63) is 84.1 Å². The number of amides is 11. The van der Waals surface area contributed by atoms with Gasteiger partial charge < -0.3 is 90.1 Å². The molecule has 3 aliphatic rings. The van der Waals surface area contributed by atoms with Gasteiger partial charge in [0, 0.05) is 67.8 Å². The number of fused-ring (bicyclic) bond motifs is 1. The molecule has 1 aliphatic carbocycles. The Hall–Kier alpha value is -9.61. The standard InChI is InChI=1S/C59H81N17O13/c1-32(2)23-41(50(82)69-40(11-7-21-64-58(61)62)56(88)76-22-8-12-46(76)55(87)66-29-47(60)79)74-57(89)59(19-5-6-20-59)75-54(86)42(24-33-13-15-36(78)16-14-33)70-53(85)45(30-77)73-51(83)43(25-34-27-65-38-10-4-3-9-37(34)38)71-52(84)44(26-35-28-63-31-67-35)72-49(81)39-17-18-48(80)68-39/h3-4,9-10,13-16,27-28,31-32,39-46,65,77-78H,5-8,11-12,17-26,29-30H2,1-2H3,(H2,60,79)(H,63,67)(H,66,87)(H,68,80)(H,69,82)(H,70,85)(H,71,84)(H,72,81)(H,73,83)(H,74,89)(H,75,86)(H4,61,62,64)/t39-,40-,41-,42-,43-,44-,45-,46-/m0/s1. The Kier molecular flexibility index (Phi) is 23.6. The molecule has 3 fully saturated rings. The Balaban J connectivity index is 1.10. The lowest BCUT2D eigenvalue weighted by Crippen LogP contribution is -2.65. The Morgan fingerprint density at radius 2 is 1.39 bits per heavy atom. The Morgan fingerprint density at radius 3 is 2.03 bits per heavy atom. The number of nitrogens with two attached hydrogens (primary N) is 3. The molecule has 4 aromatic rings. The van der Waals surface area contributed by atoms with E-state index < -0.39 is 126 Å². The maximum atomic E-state index is 14.9. The fourth-order valence-corrected chi connectivity index (χ4v) is 11.3. The average Bonchev–Trinajstić information content (AvgIpc) is 2.11. The molecule has 4 heterocycles. The van der Waals surface area contributed by atoms with Gasteiger partial charge in [0.15, 0.2) is 5.96 Å². The summed E-state index contributed by atoms with van der Waals surface area (Å²) in [5.41, 5.74) is 16.9. The van der Waals surface area contributed by atoms with Crippen LogP contribution in [0.4, 0.5) is 0 Å². The number of aliphatic hydroxyl groups is 1. The SMILES string of the molecule is CC(C)C[C@H](NC(=O)C1(NC(=O)[C@H](Cc2ccc(O)cc2)NC(=O)[C@H](CO)NC(=O)[C@H](Cc2c[nH]c3ccccc23)NC(=O)[C@H](Cc2cnc[nH]2)NC(=O)[C@@H]2CCC(=O)N2)CCCC1)C(=O)N[C@@H](CCCN=C(N)N)C(=O)N1CCC[C@H]1C(=O)NCC(N)=O. The number of aromatic hydroxyl groups is 1. The summed E-state index contributed by atoms with van der Waals surface area (Å²) in [6.45, 7) is 2.44. The third-order valence-electron chi connectivity index (χ3n) is 15.9. The molecule has 1 saturated carbocycles. The quantitative estimate of drug-likeness (QED) is 0.0135. The van der Waals surface area contributed by atoms with Crippen molar-refractivity contribution in [3.63, 3.8) is 0 Å². The molecule has 30 nitrogen and oxygen atoms in total. The molecule has 11 amide bonds. The van der Waals surface area contributed by atoms with E-state index in [0.29, 0.717) is 47.0 Å². The lowest BCUT2D eigenvalue weighted by atomic mass is 9.93. The van der Waals surface area contributed by atoms with Crippen LogP contribution in [-0.4, -0.2) is 181 Å². The largest absolute Gasteiger partial charge is 0.508 e. The van der Waals surface area contributed by atoms with Crippen LogP contribution in [0.25, 0.3) is 10.9 Å². The van der Waals surface area contributed by atoms with Gasteiger partial charge in [-0.2, -0.15) is 0 Å². The number of rotatable bonds is 31. The number of hydrogen-bond acceptors (Lipinski definition) is 15. The number of phenols is 1. The van der Waals surface area contributed by atoms with E-state index >= 15 is 0 Å². The zero-order chi connectivity index (χ0) is 64.4. The molecule has 480 valence electrons. The van der Waals surface area contributed by atoms with Crippen LogP contribution < -0.4 is 65.1 Å². The van der Waals surface area contributed by atoms with E-state index in [0.717, 1.165) is 0 Å². The van der Waals surface area contributed by atoms with Crippen LogP contribution in [0.15, 0.2) is 72.2 Å². The van der Waals surface area contributed by atoms with Gasteiger partial charge in [-0.05, 0) is 86.6 Å². The van der Waals surface area contributed by atoms with Gasteiger partial charge in [0.2, 0.25) is 65.0 Å². The first-order chi connectivity index (χ1) is 42.5. The number of aromatic nitrogens is 3. The van der Waals surface area contributed by atoms with Crippen molar-refractivity contribution in [3.8, 4) is 5.75 Å². The Bertz CT molecular complexity index is 3210. The number of carbonyl (C=O) groups is 11. The Labute approximate surface area is 512 Å². The summed E-state index contributed by atoms with van der Waals surface area (Å²) in [6.07, 6.45) is 6.43. The third-order valence-corrected chi connectivity index (χ3v) is 15.9. The van der Waals surface area contributed by atoms with Crippen LogP contribution in [0.1, 0.15) is 101 Å². The van der Waals surface area contributed by atoms with Crippen molar-refractivity contribution in [2.24, 2.45) is 28.1 Å². The van der Waals surface area contributed by atoms with E-state index in [1.807, 2.05) is 19.9 Å². The number of nitrogens with one attached hydrogen (secondary N) is 11. The fraction of sp³-hybridized carbons (Fsp3) is 0.508. The predicted molar refractivity (Wildman–Crippen MR) is 322 cm³/mol. The van der Waals surface area contributed by atoms with Crippen LogP contribution in [0.5, 0.6) is 5.75 Å². The molecule has 0 bridgehead atoms. The van der Waals surface area contributed by atoms with Gasteiger partial charge in [0.25, 0.3) is 0 Å². The van der Waals surface area contributed by atoms with Crippen LogP contribution in [-0.2, 0) is 72.0 Å². The van der Waals surface area contributed by atoms with E-state index in [2.05, 4.69) is 67.8 Å². The minimum Gasteiger partial charge on any atom is -0.508 e. The highest BCUT2D eigenvalue weighted by Crippen LogP contribution is 2.31. The minimum atomic E-state index is -1.76. The number of aliphatic imine (C=N–C) groups is 1. The van der Waals surface area contributed by atoms with Gasteiger partial charge in [-0.3, -0.25) is 57.7 Å². The first-order valence-electron chi connectivity index (χ1n) is 29.8. The highest BCUT2D eigenvalue weighted by Gasteiger charge is 2.46. The summed E-state index contributed by atoms with van der Waals surface area (Å²) in [6, 6.07) is 2.49. The van der Waals surface area contributed by atoms with E-state index in [-0.39, 0.29) is 107 Å². The highest BCUT2D eigenvalue weighted by molar-refractivity contribution is 6.00. The van der Waals surface area contributed by atoms with Crippen molar-refractivity contribution >= 4 is 81.8 Å². The lowest BCUT2D eigenvalue weighted by Gasteiger charge is -2.34. The van der Waals surface area contributed by atoms with Gasteiger partial charge in [0.05, 0.1) is 19.5 Å². The zero-order valence-corrected chi connectivity index (χ0v) is 49.7. The number of para-hydroxylation sites is 1. The van der Waals surface area contributed by atoms with E-state index in [1.165, 1.54) is 41.7 Å². The first kappa shape index (κ1) is 66.9. The number of imidazole rings is 1. The number of hydrogen-bond donors (Lipinski definition) is 16. The summed E-state index contributed by atoms with van der Waals surface area (Å²) in [5, 5.41) is 45.7. The normalized spacial score (nSPS) is 18.0. The van der Waals surface area contributed by atoms with Gasteiger partial charge in [-0.1, -0.05) is 57.0 Å². The maximum Gasteiger partial charge on any atom is 0.246 e. The predicted octanol–water partition coefficient (Wildman–Crippen LogP) is -3.07. The molecule has 2 saturated heterocycles. The molecular formula is C59H81N17O13. The number of H-pyrrole nitrogens is 2. The number of aliphatic hydroxyl groups excluding tert-OH is 1. The zero-order valence-electron chi connectivity index (χ0n) is 49.7. The number of likely N-dealkylation sites (tertiary alicyclic amines) is 1. The van der Waals surface area contributed by atoms with Crippen molar-refractivity contribution in [1.29, 1.82) is 0 Å². The van der Waals surface area contributed by atoms with Gasteiger partial charge in [-0.15, -0.1) is 0 Å². The molecule has 30 heteroatoms. The number of aromatic amines is 2. The van der Waals surface area contributed by atoms with Crippen LogP contribution in [0.2, 0.25) is 0 Å². The fourth-order valence-electron chi connectivity index (χ4n) is 11.3. The van der Waals surface area contributed by atoms with Crippen molar-refractivity contribution in [2.45, 2.75) is 158 Å². The summed E-state index contributed by atoms with van der Waals surface area (Å²) >= 11 is 0. The van der Waals surface area contributed by atoms with Crippen LogP contribution in [0, 0.1) is 5.92 Å². The summed E-state index contributed by atoms with van der Waals surface area (Å²) in [5.74, 6) is -8.58.